The third-order valence-electron chi connectivity index (χ3n) is 2.67. The molecule has 0 aliphatic rings. The van der Waals surface area contributed by atoms with Crippen molar-refractivity contribution in [3.05, 3.63) is 11.7 Å². The molecular formula is C10H17N3O3. The molecule has 6 nitrogen and oxygen atoms in total. The highest BCUT2D eigenvalue weighted by Gasteiger charge is 2.32. The number of aryl methyl sites for hydroxylation is 1. The molecule has 1 heterocycles. The molecule has 90 valence electrons. The van der Waals surface area contributed by atoms with Crippen LogP contribution in [-0.4, -0.2) is 38.7 Å². The molecule has 0 bridgehead atoms. The molecule has 0 aromatic carbocycles. The summed E-state index contributed by atoms with van der Waals surface area (Å²) >= 11 is 0. The summed E-state index contributed by atoms with van der Waals surface area (Å²) in [5.41, 5.74) is -0.951. The van der Waals surface area contributed by atoms with Gasteiger partial charge in [-0.05, 0) is 20.9 Å². The zero-order valence-electron chi connectivity index (χ0n) is 10.0. The van der Waals surface area contributed by atoms with Gasteiger partial charge < -0.3 is 9.63 Å². The van der Waals surface area contributed by atoms with Gasteiger partial charge in [-0.25, -0.2) is 0 Å². The van der Waals surface area contributed by atoms with Crippen molar-refractivity contribution in [3.63, 3.8) is 0 Å². The number of hydrogen-bond donors (Lipinski definition) is 1. The van der Waals surface area contributed by atoms with Gasteiger partial charge in [-0.15, -0.1) is 0 Å². The Labute approximate surface area is 94.3 Å². The Bertz CT molecular complexity index is 373. The molecule has 1 aromatic rings. The highest BCUT2D eigenvalue weighted by molar-refractivity contribution is 5.77. The molecule has 0 fully saturated rings. The fourth-order valence-electron chi connectivity index (χ4n) is 1.07. The first-order chi connectivity index (χ1) is 7.37. The SMILES string of the molecule is CCc1nc(CN(C)C(C)(C)C(=O)O)no1. The van der Waals surface area contributed by atoms with Gasteiger partial charge in [-0.2, -0.15) is 4.98 Å². The van der Waals surface area contributed by atoms with Crippen LogP contribution < -0.4 is 0 Å². The lowest BCUT2D eigenvalue weighted by Gasteiger charge is -2.30. The minimum atomic E-state index is -0.951. The maximum Gasteiger partial charge on any atom is 0.323 e. The smallest absolute Gasteiger partial charge is 0.323 e. The number of carbonyl (C=O) groups is 1. The van der Waals surface area contributed by atoms with Gasteiger partial charge in [-0.3, -0.25) is 9.69 Å². The molecule has 1 rings (SSSR count). The standard InChI is InChI=1S/C10H17N3O3/c1-5-8-11-7(12-16-8)6-13(4)10(2,3)9(14)15/h5-6H2,1-4H3,(H,14,15). The summed E-state index contributed by atoms with van der Waals surface area (Å²) < 4.78 is 4.95. The number of nitrogens with zero attached hydrogens (tertiary/aromatic N) is 3. The van der Waals surface area contributed by atoms with Crippen LogP contribution in [0.2, 0.25) is 0 Å². The van der Waals surface area contributed by atoms with Gasteiger partial charge in [0.1, 0.15) is 5.54 Å². The summed E-state index contributed by atoms with van der Waals surface area (Å²) in [6.45, 7) is 5.54. The molecule has 0 saturated carbocycles. The zero-order valence-corrected chi connectivity index (χ0v) is 10.0. The van der Waals surface area contributed by atoms with E-state index in [4.69, 9.17) is 9.63 Å². The van der Waals surface area contributed by atoms with Gasteiger partial charge in [0.25, 0.3) is 0 Å². The van der Waals surface area contributed by atoms with Crippen LogP contribution in [0.1, 0.15) is 32.5 Å². The number of hydrogen-bond acceptors (Lipinski definition) is 5. The zero-order chi connectivity index (χ0) is 12.3. The highest BCUT2D eigenvalue weighted by Crippen LogP contribution is 2.14. The van der Waals surface area contributed by atoms with Crippen molar-refractivity contribution in [2.45, 2.75) is 39.3 Å². The molecule has 16 heavy (non-hydrogen) atoms. The summed E-state index contributed by atoms with van der Waals surface area (Å²) in [6.07, 6.45) is 0.680. The summed E-state index contributed by atoms with van der Waals surface area (Å²) in [6, 6.07) is 0. The first kappa shape index (κ1) is 12.6. The molecule has 0 spiro atoms. The summed E-state index contributed by atoms with van der Waals surface area (Å²) in [5.74, 6) is 0.194. The fraction of sp³-hybridized carbons (Fsp3) is 0.700. The van der Waals surface area contributed by atoms with Crippen molar-refractivity contribution in [3.8, 4) is 0 Å². The first-order valence-electron chi connectivity index (χ1n) is 5.14. The molecule has 0 atom stereocenters. The third-order valence-corrected chi connectivity index (χ3v) is 2.67. The first-order valence-corrected chi connectivity index (χ1v) is 5.14. The Morgan fingerprint density at radius 3 is 2.62 bits per heavy atom. The second kappa shape index (κ2) is 4.61. The van der Waals surface area contributed by atoms with Gasteiger partial charge in [0.05, 0.1) is 6.54 Å². The van der Waals surface area contributed by atoms with E-state index in [9.17, 15) is 4.79 Å². The Morgan fingerprint density at radius 1 is 1.56 bits per heavy atom. The molecule has 0 unspecified atom stereocenters. The van der Waals surface area contributed by atoms with Crippen LogP contribution in [-0.2, 0) is 17.8 Å². The highest BCUT2D eigenvalue weighted by atomic mass is 16.5. The molecule has 0 aliphatic carbocycles. The lowest BCUT2D eigenvalue weighted by atomic mass is 10.0. The molecule has 0 amide bonds. The average Bonchev–Trinajstić information content (AvgIpc) is 2.65. The minimum Gasteiger partial charge on any atom is -0.480 e. The molecule has 0 saturated heterocycles. The molecule has 6 heteroatoms. The van der Waals surface area contributed by atoms with Crippen molar-refractivity contribution < 1.29 is 14.4 Å². The third kappa shape index (κ3) is 2.57. The molecule has 1 aromatic heterocycles. The molecule has 1 N–H and O–H groups in total. The van der Waals surface area contributed by atoms with E-state index in [1.807, 2.05) is 6.92 Å². The number of carboxylic acids is 1. The van der Waals surface area contributed by atoms with Crippen molar-refractivity contribution in [1.82, 2.24) is 15.0 Å². The van der Waals surface area contributed by atoms with E-state index in [0.717, 1.165) is 0 Å². The van der Waals surface area contributed by atoms with Gasteiger partial charge in [-0.1, -0.05) is 12.1 Å². The van der Waals surface area contributed by atoms with Crippen molar-refractivity contribution in [2.75, 3.05) is 7.05 Å². The van der Waals surface area contributed by atoms with E-state index >= 15 is 0 Å². The lowest BCUT2D eigenvalue weighted by Crippen LogP contribution is -2.47. The second-order valence-corrected chi connectivity index (χ2v) is 4.18. The van der Waals surface area contributed by atoms with E-state index in [-0.39, 0.29) is 0 Å². The predicted molar refractivity (Wildman–Crippen MR) is 56.9 cm³/mol. The van der Waals surface area contributed by atoms with Gasteiger partial charge in [0.2, 0.25) is 5.89 Å². The second-order valence-electron chi connectivity index (χ2n) is 4.18. The van der Waals surface area contributed by atoms with Crippen LogP contribution in [0.4, 0.5) is 0 Å². The average molecular weight is 227 g/mol. The van der Waals surface area contributed by atoms with Crippen LogP contribution in [0.25, 0.3) is 0 Å². The number of aromatic nitrogens is 2. The number of rotatable bonds is 5. The van der Waals surface area contributed by atoms with Crippen LogP contribution in [0.5, 0.6) is 0 Å². The van der Waals surface area contributed by atoms with Crippen molar-refractivity contribution in [2.24, 2.45) is 0 Å². The molecule has 0 radical (unpaired) electrons. The predicted octanol–water partition coefficient (Wildman–Crippen LogP) is 0.927. The Hall–Kier alpha value is -1.43. The van der Waals surface area contributed by atoms with Gasteiger partial charge in [0.15, 0.2) is 5.82 Å². The molecular weight excluding hydrogens is 210 g/mol. The van der Waals surface area contributed by atoms with E-state index in [1.54, 1.807) is 25.8 Å². The topological polar surface area (TPSA) is 79.5 Å². The quantitative estimate of drug-likeness (QED) is 0.806. The Kier molecular flexibility index (Phi) is 3.64. The van der Waals surface area contributed by atoms with E-state index < -0.39 is 11.5 Å². The lowest BCUT2D eigenvalue weighted by molar-refractivity contribution is -0.148. The molecule has 0 aliphatic heterocycles. The normalized spacial score (nSPS) is 12.1. The van der Waals surface area contributed by atoms with E-state index in [1.165, 1.54) is 0 Å². The monoisotopic (exact) mass is 227 g/mol. The summed E-state index contributed by atoms with van der Waals surface area (Å²) in [5, 5.41) is 12.8. The number of aliphatic carboxylic acids is 1. The summed E-state index contributed by atoms with van der Waals surface area (Å²) in [4.78, 5) is 16.8. The van der Waals surface area contributed by atoms with Crippen molar-refractivity contribution in [1.29, 1.82) is 0 Å². The fourth-order valence-corrected chi connectivity index (χ4v) is 1.07. The van der Waals surface area contributed by atoms with E-state index in [2.05, 4.69) is 10.1 Å². The van der Waals surface area contributed by atoms with Gasteiger partial charge >= 0.3 is 5.97 Å². The van der Waals surface area contributed by atoms with E-state index in [0.29, 0.717) is 24.7 Å². The summed E-state index contributed by atoms with van der Waals surface area (Å²) in [7, 11) is 1.72. The van der Waals surface area contributed by atoms with Crippen molar-refractivity contribution >= 4 is 5.97 Å². The maximum absolute atomic E-state index is 11.0. The van der Waals surface area contributed by atoms with Gasteiger partial charge in [0, 0.05) is 6.42 Å². The van der Waals surface area contributed by atoms with Crippen LogP contribution in [0, 0.1) is 0 Å². The number of likely N-dealkylation sites (N-methyl/N-ethyl adjacent to an activating group) is 1. The Balaban J connectivity index is 2.70. The van der Waals surface area contributed by atoms with Crippen LogP contribution in [0.3, 0.4) is 0 Å². The van der Waals surface area contributed by atoms with Crippen LogP contribution >= 0.6 is 0 Å². The Morgan fingerprint density at radius 2 is 2.19 bits per heavy atom. The minimum absolute atomic E-state index is 0.350. The number of carboxylic acid groups (broad SMARTS) is 1. The largest absolute Gasteiger partial charge is 0.480 e. The maximum atomic E-state index is 11.0. The van der Waals surface area contributed by atoms with Crippen LogP contribution in [0.15, 0.2) is 4.52 Å².